The van der Waals surface area contributed by atoms with E-state index in [9.17, 15) is 4.79 Å². The molecule has 0 radical (unpaired) electrons. The minimum Gasteiger partial charge on any atom is -0.481 e. The molecule has 2 aliphatic rings. The summed E-state index contributed by atoms with van der Waals surface area (Å²) >= 11 is 0. The van der Waals surface area contributed by atoms with Crippen LogP contribution in [0.5, 0.6) is 5.88 Å². The van der Waals surface area contributed by atoms with Crippen molar-refractivity contribution < 1.29 is 19.0 Å². The Kier molecular flexibility index (Phi) is 4.69. The van der Waals surface area contributed by atoms with Crippen LogP contribution in [-0.4, -0.2) is 80.0 Å². The van der Waals surface area contributed by atoms with Crippen LogP contribution in [0.4, 0.5) is 5.95 Å². The van der Waals surface area contributed by atoms with Crippen LogP contribution in [0.25, 0.3) is 0 Å². The van der Waals surface area contributed by atoms with Crippen molar-refractivity contribution in [2.75, 3.05) is 58.0 Å². The molecule has 2 fully saturated rings. The van der Waals surface area contributed by atoms with Crippen molar-refractivity contribution in [2.24, 2.45) is 0 Å². The molecule has 22 heavy (non-hydrogen) atoms. The fourth-order valence-electron chi connectivity index (χ4n) is 2.56. The van der Waals surface area contributed by atoms with Gasteiger partial charge in [0.1, 0.15) is 0 Å². The van der Waals surface area contributed by atoms with Gasteiger partial charge in [0.25, 0.3) is 5.91 Å². The molecule has 1 atom stereocenters. The van der Waals surface area contributed by atoms with Gasteiger partial charge in [-0.25, -0.2) is 4.98 Å². The molecular weight excluding hydrogens is 288 g/mol. The molecule has 0 bridgehead atoms. The van der Waals surface area contributed by atoms with Crippen molar-refractivity contribution in [2.45, 2.75) is 6.10 Å². The van der Waals surface area contributed by atoms with Crippen LogP contribution in [0.2, 0.25) is 0 Å². The van der Waals surface area contributed by atoms with Gasteiger partial charge in [-0.05, 0) is 0 Å². The predicted molar refractivity (Wildman–Crippen MR) is 77.9 cm³/mol. The van der Waals surface area contributed by atoms with E-state index < -0.39 is 6.10 Å². The fraction of sp³-hybridized carbons (Fsp3) is 0.643. The van der Waals surface area contributed by atoms with Gasteiger partial charge in [-0.3, -0.25) is 4.79 Å². The lowest BCUT2D eigenvalue weighted by Crippen LogP contribution is -2.53. The van der Waals surface area contributed by atoms with Crippen LogP contribution in [0.15, 0.2) is 12.3 Å². The average molecular weight is 308 g/mol. The third-order valence-electron chi connectivity index (χ3n) is 3.79. The standard InChI is InChI=1S/C14H20N4O4/c1-20-12-2-3-15-14(16-12)18-6-4-17(5-7-18)13(19)11-10-21-8-9-22-11/h2-3,11H,4-10H2,1H3/t11-/m0/s1. The molecular formula is C14H20N4O4. The Bertz CT molecular complexity index is 513. The molecule has 1 amide bonds. The lowest BCUT2D eigenvalue weighted by Gasteiger charge is -2.36. The first kappa shape index (κ1) is 15.0. The van der Waals surface area contributed by atoms with Crippen LogP contribution in [-0.2, 0) is 14.3 Å². The zero-order valence-electron chi connectivity index (χ0n) is 12.6. The lowest BCUT2D eigenvalue weighted by atomic mass is 10.2. The summed E-state index contributed by atoms with van der Waals surface area (Å²) in [4.78, 5) is 24.8. The van der Waals surface area contributed by atoms with Gasteiger partial charge in [-0.15, -0.1) is 0 Å². The van der Waals surface area contributed by atoms with E-state index in [4.69, 9.17) is 14.2 Å². The maximum Gasteiger partial charge on any atom is 0.254 e. The highest BCUT2D eigenvalue weighted by atomic mass is 16.6. The Balaban J connectivity index is 1.56. The maximum atomic E-state index is 12.3. The number of rotatable bonds is 3. The van der Waals surface area contributed by atoms with Crippen LogP contribution >= 0.6 is 0 Å². The van der Waals surface area contributed by atoms with Crippen molar-refractivity contribution >= 4 is 11.9 Å². The number of amides is 1. The van der Waals surface area contributed by atoms with Gasteiger partial charge in [-0.2, -0.15) is 4.98 Å². The SMILES string of the molecule is COc1ccnc(N2CCN(C(=O)[C@@H]3COCCO3)CC2)n1. The summed E-state index contributed by atoms with van der Waals surface area (Å²) in [7, 11) is 1.58. The largest absolute Gasteiger partial charge is 0.481 e. The van der Waals surface area contributed by atoms with Crippen LogP contribution < -0.4 is 9.64 Å². The molecule has 1 aromatic rings. The smallest absolute Gasteiger partial charge is 0.254 e. The third-order valence-corrected chi connectivity index (χ3v) is 3.79. The molecule has 120 valence electrons. The van der Waals surface area contributed by atoms with E-state index in [1.807, 2.05) is 9.80 Å². The summed E-state index contributed by atoms with van der Waals surface area (Å²) in [6.45, 7) is 4.01. The van der Waals surface area contributed by atoms with Gasteiger partial charge in [0.15, 0.2) is 6.10 Å². The van der Waals surface area contributed by atoms with Crippen molar-refractivity contribution in [3.8, 4) is 5.88 Å². The zero-order valence-corrected chi connectivity index (χ0v) is 12.6. The number of nitrogens with zero attached hydrogens (tertiary/aromatic N) is 4. The topological polar surface area (TPSA) is 77.0 Å². The van der Waals surface area contributed by atoms with E-state index in [1.165, 1.54) is 0 Å². The van der Waals surface area contributed by atoms with Gasteiger partial charge in [0.05, 0.1) is 26.9 Å². The number of aromatic nitrogens is 2. The molecule has 0 aromatic carbocycles. The summed E-state index contributed by atoms with van der Waals surface area (Å²) in [6, 6.07) is 1.71. The highest BCUT2D eigenvalue weighted by Gasteiger charge is 2.30. The molecule has 0 N–H and O–H groups in total. The minimum atomic E-state index is -0.464. The molecule has 2 aliphatic heterocycles. The van der Waals surface area contributed by atoms with Crippen LogP contribution in [0.3, 0.4) is 0 Å². The summed E-state index contributed by atoms with van der Waals surface area (Å²) in [5, 5.41) is 0. The zero-order chi connectivity index (χ0) is 15.4. The maximum absolute atomic E-state index is 12.3. The van der Waals surface area contributed by atoms with Crippen molar-refractivity contribution in [3.63, 3.8) is 0 Å². The van der Waals surface area contributed by atoms with Crippen molar-refractivity contribution in [1.29, 1.82) is 0 Å². The Hall–Kier alpha value is -1.93. The first-order valence-electron chi connectivity index (χ1n) is 7.38. The number of carbonyl (C=O) groups excluding carboxylic acids is 1. The second-order valence-corrected chi connectivity index (χ2v) is 5.15. The minimum absolute atomic E-state index is 0.00547. The van der Waals surface area contributed by atoms with E-state index in [1.54, 1.807) is 19.4 Å². The summed E-state index contributed by atoms with van der Waals surface area (Å²) in [6.07, 6.45) is 1.21. The average Bonchev–Trinajstić information content (AvgIpc) is 2.62. The van der Waals surface area contributed by atoms with E-state index >= 15 is 0 Å². The van der Waals surface area contributed by atoms with Crippen molar-refractivity contribution in [3.05, 3.63) is 12.3 Å². The monoisotopic (exact) mass is 308 g/mol. The van der Waals surface area contributed by atoms with Gasteiger partial charge in [0.2, 0.25) is 11.8 Å². The number of carbonyl (C=O) groups is 1. The summed E-state index contributed by atoms with van der Waals surface area (Å²) < 4.78 is 15.9. The summed E-state index contributed by atoms with van der Waals surface area (Å²) in [5.41, 5.74) is 0. The summed E-state index contributed by atoms with van der Waals surface area (Å²) in [5.74, 6) is 1.17. The van der Waals surface area contributed by atoms with Gasteiger partial charge >= 0.3 is 0 Å². The second kappa shape index (κ2) is 6.89. The van der Waals surface area contributed by atoms with Crippen molar-refractivity contribution in [1.82, 2.24) is 14.9 Å². The number of methoxy groups -OCH3 is 1. The molecule has 0 spiro atoms. The quantitative estimate of drug-likeness (QED) is 0.748. The Morgan fingerprint density at radius 2 is 2.14 bits per heavy atom. The van der Waals surface area contributed by atoms with Crippen LogP contribution in [0.1, 0.15) is 0 Å². The molecule has 1 aromatic heterocycles. The van der Waals surface area contributed by atoms with Gasteiger partial charge < -0.3 is 24.0 Å². The highest BCUT2D eigenvalue weighted by molar-refractivity contribution is 5.81. The van der Waals surface area contributed by atoms with E-state index in [2.05, 4.69) is 9.97 Å². The number of hydrogen-bond donors (Lipinski definition) is 0. The first-order valence-corrected chi connectivity index (χ1v) is 7.38. The fourth-order valence-corrected chi connectivity index (χ4v) is 2.56. The van der Waals surface area contributed by atoms with E-state index in [-0.39, 0.29) is 5.91 Å². The number of anilines is 1. The molecule has 3 heterocycles. The van der Waals surface area contributed by atoms with Gasteiger partial charge in [-0.1, -0.05) is 0 Å². The molecule has 0 saturated carbocycles. The molecule has 3 rings (SSSR count). The number of hydrogen-bond acceptors (Lipinski definition) is 7. The molecule has 0 aliphatic carbocycles. The molecule has 8 heteroatoms. The second-order valence-electron chi connectivity index (χ2n) is 5.15. The van der Waals surface area contributed by atoms with E-state index in [0.29, 0.717) is 57.8 Å². The molecule has 0 unspecified atom stereocenters. The Labute approximate surface area is 129 Å². The highest BCUT2D eigenvalue weighted by Crippen LogP contribution is 2.15. The molecule has 8 nitrogen and oxygen atoms in total. The number of ether oxygens (including phenoxy) is 3. The van der Waals surface area contributed by atoms with Gasteiger partial charge in [0, 0.05) is 38.4 Å². The normalized spacial score (nSPS) is 22.5. The number of piperazine rings is 1. The first-order chi connectivity index (χ1) is 10.8. The third kappa shape index (κ3) is 3.28. The van der Waals surface area contributed by atoms with Crippen LogP contribution in [0, 0.1) is 0 Å². The Morgan fingerprint density at radius 3 is 2.82 bits per heavy atom. The van der Waals surface area contributed by atoms with E-state index in [0.717, 1.165) is 0 Å². The predicted octanol–water partition coefficient (Wildman–Crippen LogP) is -0.451. The Morgan fingerprint density at radius 1 is 1.32 bits per heavy atom. The molecule has 2 saturated heterocycles. The lowest BCUT2D eigenvalue weighted by molar-refractivity contribution is -0.158.